The zero-order valence-corrected chi connectivity index (χ0v) is 11.3. The molecular weight excluding hydrogens is 215 g/mol. The van der Waals surface area contributed by atoms with Crippen molar-refractivity contribution >= 4 is 0 Å². The molecule has 0 amide bonds. The Morgan fingerprint density at radius 3 is 2.53 bits per heavy atom. The monoisotopic (exact) mass is 238 g/mol. The van der Waals surface area contributed by atoms with Crippen LogP contribution in [0.1, 0.15) is 26.3 Å². The van der Waals surface area contributed by atoms with E-state index in [4.69, 9.17) is 0 Å². The standard InChI is InChI=1S/C14H23FN2/c1-5-16-14(2,3)11-17(4)10-12-8-6-7-9-13(12)15/h6-9,16H,5,10-11H2,1-4H3. The van der Waals surface area contributed by atoms with Gasteiger partial charge in [0.1, 0.15) is 5.82 Å². The maximum atomic E-state index is 13.5. The van der Waals surface area contributed by atoms with Crippen LogP contribution in [-0.4, -0.2) is 30.6 Å². The van der Waals surface area contributed by atoms with E-state index in [1.54, 1.807) is 6.07 Å². The molecule has 1 aromatic carbocycles. The first-order chi connectivity index (χ1) is 7.94. The van der Waals surface area contributed by atoms with E-state index in [0.717, 1.165) is 18.7 Å². The largest absolute Gasteiger partial charge is 0.311 e. The van der Waals surface area contributed by atoms with E-state index in [2.05, 4.69) is 31.0 Å². The van der Waals surface area contributed by atoms with Crippen LogP contribution in [0.4, 0.5) is 4.39 Å². The number of halogens is 1. The zero-order valence-electron chi connectivity index (χ0n) is 11.3. The summed E-state index contributed by atoms with van der Waals surface area (Å²) in [5, 5.41) is 3.42. The van der Waals surface area contributed by atoms with Crippen LogP contribution in [-0.2, 0) is 6.54 Å². The van der Waals surface area contributed by atoms with Crippen molar-refractivity contribution in [3.8, 4) is 0 Å². The van der Waals surface area contributed by atoms with Gasteiger partial charge in [-0.2, -0.15) is 0 Å². The number of nitrogens with one attached hydrogen (secondary N) is 1. The molecule has 1 N–H and O–H groups in total. The van der Waals surface area contributed by atoms with Crippen molar-refractivity contribution in [1.82, 2.24) is 10.2 Å². The van der Waals surface area contributed by atoms with Gasteiger partial charge in [0.2, 0.25) is 0 Å². The molecule has 0 aliphatic rings. The van der Waals surface area contributed by atoms with Crippen molar-refractivity contribution in [2.24, 2.45) is 0 Å². The molecule has 1 aromatic rings. The highest BCUT2D eigenvalue weighted by Crippen LogP contribution is 2.11. The predicted molar refractivity (Wildman–Crippen MR) is 70.5 cm³/mol. The van der Waals surface area contributed by atoms with Crippen LogP contribution in [0.15, 0.2) is 24.3 Å². The van der Waals surface area contributed by atoms with Crippen LogP contribution in [0.25, 0.3) is 0 Å². The van der Waals surface area contributed by atoms with Gasteiger partial charge in [0.15, 0.2) is 0 Å². The van der Waals surface area contributed by atoms with Gasteiger partial charge < -0.3 is 10.2 Å². The summed E-state index contributed by atoms with van der Waals surface area (Å²) >= 11 is 0. The van der Waals surface area contributed by atoms with Crippen molar-refractivity contribution in [3.05, 3.63) is 35.6 Å². The fraction of sp³-hybridized carbons (Fsp3) is 0.571. The lowest BCUT2D eigenvalue weighted by atomic mass is 10.0. The Bertz CT molecular complexity index is 350. The molecule has 0 saturated heterocycles. The number of nitrogens with zero attached hydrogens (tertiary/aromatic N) is 1. The van der Waals surface area contributed by atoms with Gasteiger partial charge >= 0.3 is 0 Å². The van der Waals surface area contributed by atoms with E-state index in [1.807, 2.05) is 19.2 Å². The average molecular weight is 238 g/mol. The number of benzene rings is 1. The fourth-order valence-corrected chi connectivity index (χ4v) is 2.18. The molecule has 2 nitrogen and oxygen atoms in total. The van der Waals surface area contributed by atoms with Crippen molar-refractivity contribution in [1.29, 1.82) is 0 Å². The molecule has 3 heteroatoms. The van der Waals surface area contributed by atoms with Gasteiger partial charge in [0.05, 0.1) is 0 Å². The highest BCUT2D eigenvalue weighted by atomic mass is 19.1. The molecular formula is C14H23FN2. The Morgan fingerprint density at radius 2 is 1.94 bits per heavy atom. The Kier molecular flexibility index (Phi) is 5.09. The summed E-state index contributed by atoms with van der Waals surface area (Å²) in [5.41, 5.74) is 0.802. The second-order valence-corrected chi connectivity index (χ2v) is 5.18. The number of likely N-dealkylation sites (N-methyl/N-ethyl adjacent to an activating group) is 2. The first-order valence-corrected chi connectivity index (χ1v) is 6.11. The molecule has 0 heterocycles. The van der Waals surface area contributed by atoms with Crippen molar-refractivity contribution in [2.75, 3.05) is 20.1 Å². The quantitative estimate of drug-likeness (QED) is 0.819. The van der Waals surface area contributed by atoms with Crippen LogP contribution < -0.4 is 5.32 Å². The molecule has 0 saturated carbocycles. The van der Waals surface area contributed by atoms with Gasteiger partial charge in [-0.05, 0) is 33.5 Å². The third-order valence-corrected chi connectivity index (χ3v) is 2.72. The predicted octanol–water partition coefficient (Wildman–Crippen LogP) is 2.65. The third kappa shape index (κ3) is 4.84. The summed E-state index contributed by atoms with van der Waals surface area (Å²) in [4.78, 5) is 2.14. The van der Waals surface area contributed by atoms with Gasteiger partial charge in [-0.15, -0.1) is 0 Å². The summed E-state index contributed by atoms with van der Waals surface area (Å²) in [6.45, 7) is 8.89. The Morgan fingerprint density at radius 1 is 1.29 bits per heavy atom. The fourth-order valence-electron chi connectivity index (χ4n) is 2.18. The molecule has 0 atom stereocenters. The lowest BCUT2D eigenvalue weighted by molar-refractivity contribution is 0.229. The van der Waals surface area contributed by atoms with Gasteiger partial charge in [0, 0.05) is 24.2 Å². The molecule has 0 spiro atoms. The van der Waals surface area contributed by atoms with Crippen LogP contribution in [0, 0.1) is 5.82 Å². The SMILES string of the molecule is CCNC(C)(C)CN(C)Cc1ccccc1F. The Balaban J connectivity index is 2.55. The van der Waals surface area contributed by atoms with E-state index in [0.29, 0.717) is 6.54 Å². The second-order valence-electron chi connectivity index (χ2n) is 5.18. The molecule has 0 unspecified atom stereocenters. The lowest BCUT2D eigenvalue weighted by Crippen LogP contribution is -2.47. The molecule has 0 radical (unpaired) electrons. The summed E-state index contributed by atoms with van der Waals surface area (Å²) in [6, 6.07) is 6.95. The molecule has 0 bridgehead atoms. The minimum atomic E-state index is -0.124. The normalized spacial score (nSPS) is 12.1. The molecule has 0 aliphatic carbocycles. The van der Waals surface area contributed by atoms with Gasteiger partial charge in [-0.1, -0.05) is 25.1 Å². The van der Waals surface area contributed by atoms with Gasteiger partial charge in [-0.25, -0.2) is 4.39 Å². The molecule has 0 fully saturated rings. The number of hydrogen-bond donors (Lipinski definition) is 1. The van der Waals surface area contributed by atoms with Gasteiger partial charge in [-0.3, -0.25) is 0 Å². The average Bonchev–Trinajstić information content (AvgIpc) is 2.20. The van der Waals surface area contributed by atoms with E-state index in [1.165, 1.54) is 6.07 Å². The van der Waals surface area contributed by atoms with Crippen LogP contribution >= 0.6 is 0 Å². The second kappa shape index (κ2) is 6.12. The smallest absolute Gasteiger partial charge is 0.127 e. The Hall–Kier alpha value is -0.930. The van der Waals surface area contributed by atoms with E-state index < -0.39 is 0 Å². The van der Waals surface area contributed by atoms with Crippen LogP contribution in [0.5, 0.6) is 0 Å². The minimum absolute atomic E-state index is 0.0504. The first-order valence-electron chi connectivity index (χ1n) is 6.11. The Labute approximate surface area is 104 Å². The number of rotatable bonds is 6. The van der Waals surface area contributed by atoms with Crippen LogP contribution in [0.2, 0.25) is 0 Å². The molecule has 0 aliphatic heterocycles. The third-order valence-electron chi connectivity index (χ3n) is 2.72. The van der Waals surface area contributed by atoms with E-state index >= 15 is 0 Å². The highest BCUT2D eigenvalue weighted by molar-refractivity contribution is 5.17. The highest BCUT2D eigenvalue weighted by Gasteiger charge is 2.18. The lowest BCUT2D eigenvalue weighted by Gasteiger charge is -2.31. The molecule has 96 valence electrons. The maximum Gasteiger partial charge on any atom is 0.127 e. The summed E-state index contributed by atoms with van der Waals surface area (Å²) < 4.78 is 13.5. The zero-order chi connectivity index (χ0) is 12.9. The summed E-state index contributed by atoms with van der Waals surface area (Å²) in [5.74, 6) is -0.124. The molecule has 1 rings (SSSR count). The molecule has 17 heavy (non-hydrogen) atoms. The van der Waals surface area contributed by atoms with Crippen molar-refractivity contribution in [2.45, 2.75) is 32.9 Å². The molecule has 0 aromatic heterocycles. The van der Waals surface area contributed by atoms with Crippen LogP contribution in [0.3, 0.4) is 0 Å². The topological polar surface area (TPSA) is 15.3 Å². The maximum absolute atomic E-state index is 13.5. The number of hydrogen-bond acceptors (Lipinski definition) is 2. The minimum Gasteiger partial charge on any atom is -0.311 e. The summed E-state index contributed by atoms with van der Waals surface area (Å²) in [6.07, 6.45) is 0. The van der Waals surface area contributed by atoms with E-state index in [-0.39, 0.29) is 11.4 Å². The van der Waals surface area contributed by atoms with Gasteiger partial charge in [0.25, 0.3) is 0 Å². The summed E-state index contributed by atoms with van der Waals surface area (Å²) in [7, 11) is 2.02. The van der Waals surface area contributed by atoms with Crippen molar-refractivity contribution in [3.63, 3.8) is 0 Å². The first kappa shape index (κ1) is 14.1. The van der Waals surface area contributed by atoms with Crippen molar-refractivity contribution < 1.29 is 4.39 Å². The van der Waals surface area contributed by atoms with E-state index in [9.17, 15) is 4.39 Å².